The van der Waals surface area contributed by atoms with E-state index in [2.05, 4.69) is 25.9 Å². The molecule has 18 heteroatoms. The van der Waals surface area contributed by atoms with E-state index in [-0.39, 0.29) is 24.5 Å². The number of rotatable bonds is 14. The van der Waals surface area contributed by atoms with E-state index in [0.717, 1.165) is 10.4 Å². The van der Waals surface area contributed by atoms with Crippen molar-refractivity contribution in [1.29, 1.82) is 0 Å². The number of sulfone groups is 1. The number of carbonyl (C=O) groups excluding carboxylic acids is 1. The third-order valence-corrected chi connectivity index (χ3v) is 12.1. The number of aliphatic hydroxyl groups excluding tert-OH is 1. The molecule has 4 aromatic rings. The smallest absolute Gasteiger partial charge is 0.407 e. The van der Waals surface area contributed by atoms with Crippen molar-refractivity contribution in [1.82, 2.24) is 30.2 Å². The topological polar surface area (TPSA) is 203 Å². The summed E-state index contributed by atoms with van der Waals surface area (Å²) in [7, 11) is -6.41. The summed E-state index contributed by atoms with van der Waals surface area (Å²) in [6, 6.07) is 16.1. The Labute approximate surface area is 298 Å². The van der Waals surface area contributed by atoms with Crippen LogP contribution in [0.1, 0.15) is 31.9 Å². The Kier molecular flexibility index (Phi) is 12.2. The number of tetrazole rings is 1. The van der Waals surface area contributed by atoms with Gasteiger partial charge in [-0.1, -0.05) is 24.3 Å². The first-order chi connectivity index (χ1) is 23.1. The van der Waals surface area contributed by atoms with Gasteiger partial charge in [-0.05, 0) is 96.1 Å². The summed E-state index contributed by atoms with van der Waals surface area (Å²) in [4.78, 5) is 11.2. The van der Waals surface area contributed by atoms with E-state index in [9.17, 15) is 18.3 Å². The first-order valence-corrected chi connectivity index (χ1v) is 18.8. The van der Waals surface area contributed by atoms with Crippen LogP contribution in [0.3, 0.4) is 0 Å². The van der Waals surface area contributed by atoms with Crippen molar-refractivity contribution in [3.63, 3.8) is 0 Å². The zero-order valence-corrected chi connectivity index (χ0v) is 31.2. The lowest BCUT2D eigenvalue weighted by Gasteiger charge is -2.27. The number of aliphatic hydroxyl groups is 1. The lowest BCUT2D eigenvalue weighted by molar-refractivity contribution is 0.0525. The number of carbonyl (C=O) groups is 1. The standard InChI is InChI=1S/C31H37IN6O9S2/c1-31(2,3)47-30(40)33-16-24(19-39)48(41,42)26-15-14-25(32)27(29-34-36-37-35-29)28(26)49(43,44)38(17-20-6-10-22(45-4)11-7-20)18-21-8-12-23(46-5)13-9-21/h6-15,24,39H,16-19H2,1-5H3,(H,33,40)(H,34,35,36,37)/t24-/m0/s1. The second kappa shape index (κ2) is 15.8. The van der Waals surface area contributed by atoms with Gasteiger partial charge in [-0.15, -0.1) is 10.2 Å². The molecule has 0 spiro atoms. The molecule has 1 atom stereocenters. The molecule has 0 aliphatic heterocycles. The molecule has 0 unspecified atom stereocenters. The number of sulfonamides is 1. The number of amides is 1. The number of ether oxygens (including phenoxy) is 3. The largest absolute Gasteiger partial charge is 0.497 e. The normalized spacial score (nSPS) is 12.8. The van der Waals surface area contributed by atoms with Crippen LogP contribution in [-0.2, 0) is 37.7 Å². The van der Waals surface area contributed by atoms with Crippen LogP contribution in [-0.4, -0.2) is 91.2 Å². The van der Waals surface area contributed by atoms with Gasteiger partial charge in [0.2, 0.25) is 15.8 Å². The number of nitrogens with zero attached hydrogens (tertiary/aromatic N) is 4. The Bertz CT molecular complexity index is 1900. The number of aromatic nitrogens is 4. The number of nitrogens with one attached hydrogen (secondary N) is 2. The van der Waals surface area contributed by atoms with Gasteiger partial charge < -0.3 is 24.6 Å². The molecule has 1 heterocycles. The predicted octanol–water partition coefficient (Wildman–Crippen LogP) is 3.54. The minimum atomic E-state index is -4.75. The van der Waals surface area contributed by atoms with Crippen LogP contribution < -0.4 is 14.8 Å². The summed E-state index contributed by atoms with van der Waals surface area (Å²) in [5, 5.41) is 24.8. The number of benzene rings is 3. The molecule has 0 saturated heterocycles. The third kappa shape index (κ3) is 9.24. The molecule has 1 amide bonds. The van der Waals surface area contributed by atoms with E-state index in [1.54, 1.807) is 69.3 Å². The summed E-state index contributed by atoms with van der Waals surface area (Å²) in [5.74, 6) is 0.962. The zero-order chi connectivity index (χ0) is 36.0. The molecule has 3 N–H and O–H groups in total. The second-order valence-electron chi connectivity index (χ2n) is 11.7. The van der Waals surface area contributed by atoms with Gasteiger partial charge in [0.05, 0.1) is 31.3 Å². The molecule has 3 aromatic carbocycles. The van der Waals surface area contributed by atoms with Crippen molar-refractivity contribution in [2.45, 2.75) is 54.5 Å². The van der Waals surface area contributed by atoms with E-state index in [1.807, 2.05) is 22.6 Å². The van der Waals surface area contributed by atoms with Crippen LogP contribution in [0.5, 0.6) is 11.5 Å². The fraction of sp³-hybridized carbons (Fsp3) is 0.355. The highest BCUT2D eigenvalue weighted by atomic mass is 127. The molecule has 15 nitrogen and oxygen atoms in total. The van der Waals surface area contributed by atoms with Crippen molar-refractivity contribution in [3.05, 3.63) is 75.4 Å². The predicted molar refractivity (Wildman–Crippen MR) is 187 cm³/mol. The lowest BCUT2D eigenvalue weighted by atomic mass is 10.2. The minimum absolute atomic E-state index is 0.110. The second-order valence-corrected chi connectivity index (χ2v) is 16.9. The Morgan fingerprint density at radius 1 is 0.939 bits per heavy atom. The highest BCUT2D eigenvalue weighted by molar-refractivity contribution is 14.1. The molecule has 0 aliphatic carbocycles. The van der Waals surface area contributed by atoms with E-state index >= 15 is 8.42 Å². The average molecular weight is 829 g/mol. The van der Waals surface area contributed by atoms with Crippen molar-refractivity contribution in [3.8, 4) is 22.9 Å². The number of hydrogen-bond donors (Lipinski definition) is 3. The molecular formula is C31H37IN6O9S2. The molecular weight excluding hydrogens is 791 g/mol. The van der Waals surface area contributed by atoms with Gasteiger partial charge in [-0.2, -0.15) is 9.52 Å². The average Bonchev–Trinajstić information content (AvgIpc) is 3.59. The summed E-state index contributed by atoms with van der Waals surface area (Å²) < 4.78 is 75.9. The number of hydrogen-bond acceptors (Lipinski definition) is 12. The number of halogens is 1. The van der Waals surface area contributed by atoms with E-state index in [4.69, 9.17) is 14.2 Å². The molecule has 0 saturated carbocycles. The van der Waals surface area contributed by atoms with Crippen LogP contribution in [0.25, 0.3) is 11.4 Å². The fourth-order valence-electron chi connectivity index (χ4n) is 4.68. The Morgan fingerprint density at radius 3 is 1.94 bits per heavy atom. The van der Waals surface area contributed by atoms with E-state index in [1.165, 1.54) is 20.3 Å². The Balaban J connectivity index is 1.90. The van der Waals surface area contributed by atoms with Crippen LogP contribution in [0.15, 0.2) is 70.5 Å². The van der Waals surface area contributed by atoms with Crippen LogP contribution in [0, 0.1) is 3.57 Å². The fourth-order valence-corrected chi connectivity index (χ4v) is 9.38. The first-order valence-electron chi connectivity index (χ1n) is 14.7. The maximum Gasteiger partial charge on any atom is 0.407 e. The van der Waals surface area contributed by atoms with E-state index in [0.29, 0.717) is 26.2 Å². The molecule has 1 aromatic heterocycles. The number of H-pyrrole nitrogens is 1. The quantitative estimate of drug-likeness (QED) is 0.156. The summed E-state index contributed by atoms with van der Waals surface area (Å²) in [6.45, 7) is 3.06. The van der Waals surface area contributed by atoms with Gasteiger partial charge in [0.25, 0.3) is 0 Å². The Hall–Kier alpha value is -3.85. The maximum absolute atomic E-state index is 15.0. The summed E-state index contributed by atoms with van der Waals surface area (Å²) in [6.07, 6.45) is -0.908. The van der Waals surface area contributed by atoms with Crippen molar-refractivity contribution >= 4 is 48.5 Å². The molecule has 49 heavy (non-hydrogen) atoms. The molecule has 0 aliphatic rings. The van der Waals surface area contributed by atoms with Crippen LogP contribution in [0.2, 0.25) is 0 Å². The zero-order valence-electron chi connectivity index (χ0n) is 27.4. The van der Waals surface area contributed by atoms with Gasteiger partial charge in [-0.3, -0.25) is 0 Å². The highest BCUT2D eigenvalue weighted by Gasteiger charge is 2.40. The molecule has 4 rings (SSSR count). The Morgan fingerprint density at radius 2 is 1.49 bits per heavy atom. The SMILES string of the molecule is COc1ccc(CN(Cc2ccc(OC)cc2)S(=O)(=O)c2c(S(=O)(=O)[C@H](CO)CNC(=O)OC(C)(C)C)ccc(I)c2-c2nn[nH]n2)cc1. The van der Waals surface area contributed by atoms with Crippen molar-refractivity contribution in [2.75, 3.05) is 27.4 Å². The van der Waals surface area contributed by atoms with Gasteiger partial charge >= 0.3 is 6.09 Å². The lowest BCUT2D eigenvalue weighted by Crippen LogP contribution is -2.42. The van der Waals surface area contributed by atoms with E-state index < -0.39 is 59.7 Å². The number of aromatic amines is 1. The number of methoxy groups -OCH3 is 2. The van der Waals surface area contributed by atoms with Gasteiger partial charge in [0, 0.05) is 23.2 Å². The van der Waals surface area contributed by atoms with Crippen LogP contribution in [0.4, 0.5) is 4.79 Å². The highest BCUT2D eigenvalue weighted by Crippen LogP contribution is 2.38. The summed E-state index contributed by atoms with van der Waals surface area (Å²) >= 11 is 1.87. The van der Waals surface area contributed by atoms with Gasteiger partial charge in [0.15, 0.2) is 9.84 Å². The van der Waals surface area contributed by atoms with Crippen molar-refractivity contribution < 1.29 is 40.9 Å². The molecule has 0 bridgehead atoms. The minimum Gasteiger partial charge on any atom is -0.497 e. The summed E-state index contributed by atoms with van der Waals surface area (Å²) in [5.41, 5.74) is 0.195. The molecule has 0 radical (unpaired) electrons. The van der Waals surface area contributed by atoms with Crippen LogP contribution >= 0.6 is 22.6 Å². The molecule has 0 fully saturated rings. The number of alkyl carbamates (subject to hydrolysis) is 1. The van der Waals surface area contributed by atoms with Gasteiger partial charge in [-0.25, -0.2) is 21.6 Å². The van der Waals surface area contributed by atoms with Crippen molar-refractivity contribution in [2.24, 2.45) is 0 Å². The third-order valence-electron chi connectivity index (χ3n) is 7.10. The van der Waals surface area contributed by atoms with Gasteiger partial charge in [0.1, 0.15) is 27.2 Å². The first kappa shape index (κ1) is 38.0. The monoisotopic (exact) mass is 828 g/mol. The molecule has 264 valence electrons. The maximum atomic E-state index is 15.0.